The molecule has 1 aliphatic heterocycles. The van der Waals surface area contributed by atoms with Crippen LogP contribution >= 0.6 is 23.8 Å². The van der Waals surface area contributed by atoms with Crippen LogP contribution in [0.25, 0.3) is 10.9 Å². The number of rotatable bonds is 8. The number of ether oxygens (including phenoxy) is 5. The number of thiocarbonyl (C=S) groups is 1. The Morgan fingerprint density at radius 3 is 2.24 bits per heavy atom. The molecule has 0 aliphatic carbocycles. The van der Waals surface area contributed by atoms with Crippen LogP contribution in [-0.4, -0.2) is 81.3 Å². The highest BCUT2D eigenvalue weighted by Crippen LogP contribution is 2.41. The fraction of sp³-hybridized carbons (Fsp3) is 0.435. The predicted molar refractivity (Wildman–Crippen MR) is 144 cm³/mol. The van der Waals surface area contributed by atoms with Crippen molar-refractivity contribution in [3.05, 3.63) is 27.3 Å². The molecule has 1 fully saturated rings. The number of hydrogen-bond acceptors (Lipinski definition) is 14. The molecule has 0 radical (unpaired) electrons. The monoisotopic (exact) mass is 629 g/mol. The second-order valence-electron chi connectivity index (χ2n) is 8.70. The number of hydrogen-bond donors (Lipinski definition) is 3. The minimum Gasteiger partial charge on any atom is -0.493 e. The van der Waals surface area contributed by atoms with Crippen LogP contribution in [-0.2, 0) is 42.9 Å². The van der Waals surface area contributed by atoms with Crippen molar-refractivity contribution >= 4 is 75.1 Å². The average Bonchev–Trinajstić information content (AvgIpc) is 3.18. The highest BCUT2D eigenvalue weighted by atomic mass is 35.5. The predicted octanol–water partition coefficient (Wildman–Crippen LogP) is 2.48. The number of aromatic hydroxyl groups is 1. The zero-order chi connectivity index (χ0) is 31.3. The normalized spacial score (nSPS) is 21.9. The van der Waals surface area contributed by atoms with Crippen LogP contribution in [0, 0.1) is 10.1 Å². The number of aromatic amines is 1. The van der Waals surface area contributed by atoms with Crippen LogP contribution in [0.5, 0.6) is 5.88 Å². The molecule has 3 N–H and O–H groups in total. The number of halogens is 1. The van der Waals surface area contributed by atoms with Crippen molar-refractivity contribution in [2.75, 3.05) is 6.61 Å². The van der Waals surface area contributed by atoms with E-state index in [-0.39, 0.29) is 21.6 Å². The van der Waals surface area contributed by atoms with Gasteiger partial charge in [-0.3, -0.25) is 29.3 Å². The number of azo groups is 1. The molecule has 17 nitrogen and oxygen atoms in total. The number of nitrogens with zero attached hydrogens (tertiary/aromatic N) is 3. The number of nitrogens with one attached hydrogen (secondary N) is 2. The third-order valence-electron chi connectivity index (χ3n) is 5.50. The molecular formula is C23H24ClN5O12S. The van der Waals surface area contributed by atoms with Crippen LogP contribution in [0.15, 0.2) is 22.4 Å². The van der Waals surface area contributed by atoms with Gasteiger partial charge in [-0.15, -0.1) is 10.2 Å². The van der Waals surface area contributed by atoms with E-state index in [4.69, 9.17) is 47.5 Å². The molecule has 0 bridgehead atoms. The Kier molecular flexibility index (Phi) is 10.3. The molecule has 0 spiro atoms. The van der Waals surface area contributed by atoms with E-state index in [1.165, 1.54) is 6.07 Å². The number of carbonyl (C=O) groups excluding carboxylic acids is 4. The number of H-pyrrole nitrogens is 1. The van der Waals surface area contributed by atoms with Gasteiger partial charge in [0.2, 0.25) is 11.0 Å². The Labute approximate surface area is 246 Å². The lowest BCUT2D eigenvalue weighted by Crippen LogP contribution is -2.66. The number of nitro groups is 1. The summed E-state index contributed by atoms with van der Waals surface area (Å²) in [4.78, 5) is 60.3. The average molecular weight is 630 g/mol. The Morgan fingerprint density at radius 2 is 1.67 bits per heavy atom. The van der Waals surface area contributed by atoms with E-state index in [9.17, 15) is 34.4 Å². The smallest absolute Gasteiger partial charge is 0.303 e. The third kappa shape index (κ3) is 7.86. The number of carbonyl (C=O) groups is 4. The van der Waals surface area contributed by atoms with Gasteiger partial charge < -0.3 is 39.1 Å². The van der Waals surface area contributed by atoms with Crippen LogP contribution in [0.1, 0.15) is 27.7 Å². The van der Waals surface area contributed by atoms with Gasteiger partial charge >= 0.3 is 23.9 Å². The highest BCUT2D eigenvalue weighted by molar-refractivity contribution is 7.80. The maximum atomic E-state index is 12.0. The van der Waals surface area contributed by atoms with E-state index >= 15 is 0 Å². The van der Waals surface area contributed by atoms with E-state index in [0.717, 1.165) is 33.8 Å². The fourth-order valence-electron chi connectivity index (χ4n) is 4.05. The van der Waals surface area contributed by atoms with E-state index in [2.05, 4.69) is 20.5 Å². The Hall–Kier alpha value is -4.42. The first-order valence-electron chi connectivity index (χ1n) is 11.9. The molecule has 1 saturated heterocycles. The Balaban J connectivity index is 1.96. The highest BCUT2D eigenvalue weighted by Gasteiger charge is 2.52. The van der Waals surface area contributed by atoms with Gasteiger partial charge in [-0.05, 0) is 18.3 Å². The van der Waals surface area contributed by atoms with Crippen molar-refractivity contribution in [2.24, 2.45) is 10.2 Å². The van der Waals surface area contributed by atoms with Crippen LogP contribution in [0.4, 0.5) is 11.4 Å². The fourth-order valence-corrected chi connectivity index (χ4v) is 4.42. The topological polar surface area (TPSA) is 230 Å². The SMILES string of the molecule is CC(=O)OC[C@H]1O[C@@H](NC(=S)N=Nc2c(O)[nH]c3c([N+](=O)[O-])cc(Cl)cc23)[C@H](OC(C)=O)[C@@H](OC(C)=O)[C@@H]1OC(C)=O. The van der Waals surface area contributed by atoms with E-state index in [0.29, 0.717) is 0 Å². The molecule has 42 heavy (non-hydrogen) atoms. The second-order valence-corrected chi connectivity index (χ2v) is 9.52. The molecule has 1 aliphatic rings. The van der Waals surface area contributed by atoms with Crippen LogP contribution < -0.4 is 5.32 Å². The lowest BCUT2D eigenvalue weighted by molar-refractivity contribution is -0.383. The number of esters is 4. The number of nitro benzene ring substituents is 1. The summed E-state index contributed by atoms with van der Waals surface area (Å²) < 4.78 is 26.8. The minimum atomic E-state index is -1.47. The first-order chi connectivity index (χ1) is 19.7. The van der Waals surface area contributed by atoms with Gasteiger partial charge in [-0.1, -0.05) is 11.6 Å². The summed E-state index contributed by atoms with van der Waals surface area (Å²) in [5.41, 5.74) is -0.733. The first-order valence-corrected chi connectivity index (χ1v) is 12.7. The van der Waals surface area contributed by atoms with Crippen molar-refractivity contribution < 1.29 is 52.9 Å². The summed E-state index contributed by atoms with van der Waals surface area (Å²) in [5, 5.41) is 31.6. The standard InChI is InChI=1S/C23H24ClN5O12S/c1-8(30)37-7-15-18(38-9(2)31)19(39-10(3)32)20(40-11(4)33)22(41-15)26-23(42)28-27-17-13-5-12(24)6-14(29(35)36)16(13)25-21(17)34/h5-6,15,18-20,22,25,34H,7H2,1-4H3,(H,26,42)/t15-,18-,19+,20-,22-/m1/s1. The van der Waals surface area contributed by atoms with Crippen LogP contribution in [0.2, 0.25) is 5.02 Å². The summed E-state index contributed by atoms with van der Waals surface area (Å²) in [6.07, 6.45) is -6.98. The van der Waals surface area contributed by atoms with E-state index in [1.54, 1.807) is 0 Å². The van der Waals surface area contributed by atoms with Crippen LogP contribution in [0.3, 0.4) is 0 Å². The maximum absolute atomic E-state index is 12.0. The molecule has 2 aromatic rings. The van der Waals surface area contributed by atoms with Gasteiger partial charge in [-0.2, -0.15) is 0 Å². The van der Waals surface area contributed by atoms with Gasteiger partial charge in [0.25, 0.3) is 5.69 Å². The number of aromatic nitrogens is 1. The number of fused-ring (bicyclic) bond motifs is 1. The Bertz CT molecular complexity index is 1460. The first kappa shape index (κ1) is 32.1. The van der Waals surface area contributed by atoms with Crippen molar-refractivity contribution in [3.63, 3.8) is 0 Å². The molecule has 1 aromatic carbocycles. The van der Waals surface area contributed by atoms with Gasteiger partial charge in [0, 0.05) is 44.2 Å². The quantitative estimate of drug-likeness (QED) is 0.0951. The number of non-ortho nitro benzene ring substituents is 1. The zero-order valence-corrected chi connectivity index (χ0v) is 23.9. The lowest BCUT2D eigenvalue weighted by Gasteiger charge is -2.44. The summed E-state index contributed by atoms with van der Waals surface area (Å²) in [6, 6.07) is 2.39. The summed E-state index contributed by atoms with van der Waals surface area (Å²) >= 11 is 11.2. The molecule has 5 atom stereocenters. The molecule has 0 saturated carbocycles. The molecule has 19 heteroatoms. The Morgan fingerprint density at radius 1 is 1.07 bits per heavy atom. The van der Waals surface area contributed by atoms with Gasteiger partial charge in [-0.25, -0.2) is 0 Å². The molecule has 2 heterocycles. The summed E-state index contributed by atoms with van der Waals surface area (Å²) in [7, 11) is 0. The van der Waals surface area contributed by atoms with Crippen molar-refractivity contribution in [3.8, 4) is 5.88 Å². The molecule has 0 amide bonds. The largest absolute Gasteiger partial charge is 0.493 e. The van der Waals surface area contributed by atoms with E-state index < -0.39 is 82.7 Å². The van der Waals surface area contributed by atoms with Crippen molar-refractivity contribution in [1.82, 2.24) is 10.3 Å². The second kappa shape index (κ2) is 13.5. The van der Waals surface area contributed by atoms with Gasteiger partial charge in [0.05, 0.1) is 4.92 Å². The number of benzene rings is 1. The summed E-state index contributed by atoms with van der Waals surface area (Å²) in [5.74, 6) is -3.73. The zero-order valence-electron chi connectivity index (χ0n) is 22.3. The molecular weight excluding hydrogens is 606 g/mol. The molecule has 0 unspecified atom stereocenters. The summed E-state index contributed by atoms with van der Waals surface area (Å²) in [6.45, 7) is 3.87. The third-order valence-corrected chi connectivity index (χ3v) is 5.92. The lowest BCUT2D eigenvalue weighted by atomic mass is 9.97. The molecule has 3 rings (SSSR count). The maximum Gasteiger partial charge on any atom is 0.303 e. The van der Waals surface area contributed by atoms with Gasteiger partial charge in [0.15, 0.2) is 30.2 Å². The van der Waals surface area contributed by atoms with Gasteiger partial charge in [0.1, 0.15) is 18.2 Å². The molecule has 1 aromatic heterocycles. The minimum absolute atomic E-state index is 0.0113. The molecule has 226 valence electrons. The van der Waals surface area contributed by atoms with E-state index in [1.807, 2.05) is 0 Å². The van der Waals surface area contributed by atoms with Crippen molar-refractivity contribution in [2.45, 2.75) is 58.3 Å². The van der Waals surface area contributed by atoms with Crippen molar-refractivity contribution in [1.29, 1.82) is 0 Å².